The van der Waals surface area contributed by atoms with Gasteiger partial charge in [-0.2, -0.15) is 0 Å². The minimum atomic E-state index is 0.245. The first-order valence-corrected chi connectivity index (χ1v) is 6.25. The minimum absolute atomic E-state index is 0.245. The molecule has 0 bridgehead atoms. The lowest BCUT2D eigenvalue weighted by Gasteiger charge is -2.02. The van der Waals surface area contributed by atoms with Gasteiger partial charge in [0.25, 0.3) is 0 Å². The second-order valence-corrected chi connectivity index (χ2v) is 4.22. The summed E-state index contributed by atoms with van der Waals surface area (Å²) in [6.07, 6.45) is 3.00. The summed E-state index contributed by atoms with van der Waals surface area (Å²) in [7, 11) is 0. The maximum Gasteiger partial charge on any atom is 0.0483 e. The van der Waals surface area contributed by atoms with E-state index in [-0.39, 0.29) is 6.61 Å². The summed E-state index contributed by atoms with van der Waals surface area (Å²) in [4.78, 5) is 0. The van der Waals surface area contributed by atoms with Gasteiger partial charge in [-0.05, 0) is 24.6 Å². The van der Waals surface area contributed by atoms with Crippen molar-refractivity contribution in [1.82, 2.24) is 9.88 Å². The Kier molecular flexibility index (Phi) is 4.18. The first-order chi connectivity index (χ1) is 8.36. The Morgan fingerprint density at radius 2 is 2.12 bits per heavy atom. The zero-order valence-corrected chi connectivity index (χ0v) is 10.3. The number of aromatic nitrogens is 1. The van der Waals surface area contributed by atoms with Gasteiger partial charge >= 0.3 is 0 Å². The van der Waals surface area contributed by atoms with Gasteiger partial charge in [-0.15, -0.1) is 0 Å². The molecular formula is C14H20N2O. The highest BCUT2D eigenvalue weighted by atomic mass is 16.3. The minimum Gasteiger partial charge on any atom is -0.396 e. The summed E-state index contributed by atoms with van der Waals surface area (Å²) >= 11 is 0. The Labute approximate surface area is 102 Å². The number of rotatable bonds is 6. The van der Waals surface area contributed by atoms with Crippen molar-refractivity contribution in [2.75, 3.05) is 13.2 Å². The highest BCUT2D eigenvalue weighted by Crippen LogP contribution is 2.21. The van der Waals surface area contributed by atoms with Crippen LogP contribution in [0.1, 0.15) is 18.9 Å². The average Bonchev–Trinajstić information content (AvgIpc) is 2.72. The van der Waals surface area contributed by atoms with Crippen LogP contribution in [0.2, 0.25) is 0 Å². The Hall–Kier alpha value is -1.32. The largest absolute Gasteiger partial charge is 0.396 e. The van der Waals surface area contributed by atoms with Gasteiger partial charge in [-0.3, -0.25) is 0 Å². The number of aliphatic hydroxyl groups excluding tert-OH is 1. The normalized spacial score (nSPS) is 11.2. The van der Waals surface area contributed by atoms with Gasteiger partial charge in [0.15, 0.2) is 0 Å². The number of hydrogen-bond donors (Lipinski definition) is 2. The van der Waals surface area contributed by atoms with Crippen molar-refractivity contribution in [3.63, 3.8) is 0 Å². The SMILES string of the molecule is CCNCc1cn(CCCO)c2ccccc12. The Morgan fingerprint density at radius 1 is 1.29 bits per heavy atom. The summed E-state index contributed by atoms with van der Waals surface area (Å²) < 4.78 is 2.23. The molecule has 2 aromatic rings. The van der Waals surface area contributed by atoms with Crippen LogP contribution in [0.4, 0.5) is 0 Å². The zero-order valence-electron chi connectivity index (χ0n) is 10.3. The second kappa shape index (κ2) is 5.84. The van der Waals surface area contributed by atoms with Gasteiger partial charge in [0.1, 0.15) is 0 Å². The maximum atomic E-state index is 8.92. The van der Waals surface area contributed by atoms with E-state index in [2.05, 4.69) is 47.3 Å². The van der Waals surface area contributed by atoms with Crippen LogP contribution in [-0.2, 0) is 13.1 Å². The lowest BCUT2D eigenvalue weighted by Crippen LogP contribution is -2.11. The fourth-order valence-electron chi connectivity index (χ4n) is 2.15. The topological polar surface area (TPSA) is 37.2 Å². The summed E-state index contributed by atoms with van der Waals surface area (Å²) in [5, 5.41) is 13.6. The first kappa shape index (κ1) is 12.1. The van der Waals surface area contributed by atoms with Crippen LogP contribution in [0, 0.1) is 0 Å². The lowest BCUT2D eigenvalue weighted by atomic mass is 10.2. The van der Waals surface area contributed by atoms with Gasteiger partial charge in [-0.1, -0.05) is 25.1 Å². The van der Waals surface area contributed by atoms with Crippen LogP contribution in [0.15, 0.2) is 30.5 Å². The van der Waals surface area contributed by atoms with E-state index in [4.69, 9.17) is 5.11 Å². The van der Waals surface area contributed by atoms with Crippen molar-refractivity contribution in [3.05, 3.63) is 36.0 Å². The molecule has 0 radical (unpaired) electrons. The lowest BCUT2D eigenvalue weighted by molar-refractivity contribution is 0.280. The van der Waals surface area contributed by atoms with Crippen LogP contribution in [0.25, 0.3) is 10.9 Å². The zero-order chi connectivity index (χ0) is 12.1. The molecule has 1 aromatic carbocycles. The number of hydrogen-bond acceptors (Lipinski definition) is 2. The third-order valence-electron chi connectivity index (χ3n) is 2.99. The third-order valence-corrected chi connectivity index (χ3v) is 2.99. The molecule has 0 aliphatic heterocycles. The van der Waals surface area contributed by atoms with E-state index < -0.39 is 0 Å². The Bertz CT molecular complexity index is 434. The molecule has 2 rings (SSSR count). The summed E-state index contributed by atoms with van der Waals surface area (Å²) in [5.41, 5.74) is 2.59. The highest BCUT2D eigenvalue weighted by molar-refractivity contribution is 5.83. The number of nitrogens with one attached hydrogen (secondary N) is 1. The number of aliphatic hydroxyl groups is 1. The molecule has 1 aromatic heterocycles. The van der Waals surface area contributed by atoms with E-state index in [1.165, 1.54) is 16.5 Å². The molecule has 0 saturated carbocycles. The monoisotopic (exact) mass is 232 g/mol. The molecule has 92 valence electrons. The maximum absolute atomic E-state index is 8.92. The third kappa shape index (κ3) is 2.68. The van der Waals surface area contributed by atoms with Crippen LogP contribution < -0.4 is 5.32 Å². The predicted octanol–water partition coefficient (Wildman–Crippen LogP) is 2.13. The number of benzene rings is 1. The van der Waals surface area contributed by atoms with E-state index in [1.807, 2.05) is 0 Å². The molecule has 17 heavy (non-hydrogen) atoms. The molecule has 0 aliphatic rings. The number of aryl methyl sites for hydroxylation is 1. The van der Waals surface area contributed by atoms with E-state index in [9.17, 15) is 0 Å². The van der Waals surface area contributed by atoms with Gasteiger partial charge in [0.05, 0.1) is 0 Å². The average molecular weight is 232 g/mol. The number of fused-ring (bicyclic) bond motifs is 1. The van der Waals surface area contributed by atoms with Crippen molar-refractivity contribution in [2.45, 2.75) is 26.4 Å². The van der Waals surface area contributed by atoms with E-state index in [0.717, 1.165) is 26.1 Å². The van der Waals surface area contributed by atoms with E-state index in [1.54, 1.807) is 0 Å². The van der Waals surface area contributed by atoms with Crippen molar-refractivity contribution in [1.29, 1.82) is 0 Å². The van der Waals surface area contributed by atoms with Crippen LogP contribution >= 0.6 is 0 Å². The molecule has 0 unspecified atom stereocenters. The molecule has 0 fully saturated rings. The molecular weight excluding hydrogens is 212 g/mol. The van der Waals surface area contributed by atoms with Gasteiger partial charge in [0, 0.05) is 36.8 Å². The van der Waals surface area contributed by atoms with Gasteiger partial charge in [-0.25, -0.2) is 0 Å². The van der Waals surface area contributed by atoms with Gasteiger partial charge < -0.3 is 15.0 Å². The van der Waals surface area contributed by atoms with Crippen molar-refractivity contribution >= 4 is 10.9 Å². The van der Waals surface area contributed by atoms with E-state index in [0.29, 0.717) is 0 Å². The smallest absolute Gasteiger partial charge is 0.0483 e. The van der Waals surface area contributed by atoms with Crippen molar-refractivity contribution in [3.8, 4) is 0 Å². The molecule has 2 N–H and O–H groups in total. The molecule has 3 heteroatoms. The molecule has 3 nitrogen and oxygen atoms in total. The molecule has 0 amide bonds. The summed E-state index contributed by atoms with van der Waals surface area (Å²) in [6.45, 7) is 5.13. The van der Waals surface area contributed by atoms with Crippen LogP contribution in [-0.4, -0.2) is 22.8 Å². The van der Waals surface area contributed by atoms with Crippen LogP contribution in [0.3, 0.4) is 0 Å². The first-order valence-electron chi connectivity index (χ1n) is 6.25. The molecule has 0 aliphatic carbocycles. The highest BCUT2D eigenvalue weighted by Gasteiger charge is 2.06. The number of nitrogens with zero attached hydrogens (tertiary/aromatic N) is 1. The Morgan fingerprint density at radius 3 is 2.88 bits per heavy atom. The van der Waals surface area contributed by atoms with Crippen LogP contribution in [0.5, 0.6) is 0 Å². The standard InChI is InChI=1S/C14H20N2O/c1-2-15-10-12-11-16(8-5-9-17)14-7-4-3-6-13(12)14/h3-4,6-7,11,15,17H,2,5,8-10H2,1H3. The molecule has 1 heterocycles. The quantitative estimate of drug-likeness (QED) is 0.800. The second-order valence-electron chi connectivity index (χ2n) is 4.22. The molecule has 0 atom stereocenters. The molecule has 0 spiro atoms. The molecule has 0 saturated heterocycles. The van der Waals surface area contributed by atoms with Crippen molar-refractivity contribution in [2.24, 2.45) is 0 Å². The summed E-state index contributed by atoms with van der Waals surface area (Å²) in [5.74, 6) is 0. The Balaban J connectivity index is 2.32. The summed E-state index contributed by atoms with van der Waals surface area (Å²) in [6, 6.07) is 8.45. The predicted molar refractivity (Wildman–Crippen MR) is 71.0 cm³/mol. The fraction of sp³-hybridized carbons (Fsp3) is 0.429. The van der Waals surface area contributed by atoms with Crippen molar-refractivity contribution < 1.29 is 5.11 Å². The van der Waals surface area contributed by atoms with Gasteiger partial charge in [0.2, 0.25) is 0 Å². The fourth-order valence-corrected chi connectivity index (χ4v) is 2.15. The van der Waals surface area contributed by atoms with E-state index >= 15 is 0 Å². The number of para-hydroxylation sites is 1.